The van der Waals surface area contributed by atoms with Gasteiger partial charge in [0.05, 0.1) is 6.54 Å². The lowest BCUT2D eigenvalue weighted by atomic mass is 9.65. The fourth-order valence-electron chi connectivity index (χ4n) is 4.04. The molecule has 2 amide bonds. The number of nitrogens with two attached hydrogens (primary N) is 1. The van der Waals surface area contributed by atoms with Crippen molar-refractivity contribution in [3.8, 4) is 0 Å². The van der Waals surface area contributed by atoms with E-state index in [9.17, 15) is 9.59 Å². The lowest BCUT2D eigenvalue weighted by molar-refractivity contribution is -0.129. The van der Waals surface area contributed by atoms with E-state index >= 15 is 0 Å². The third-order valence-electron chi connectivity index (χ3n) is 5.26. The minimum atomic E-state index is -0.197. The van der Waals surface area contributed by atoms with Crippen LogP contribution >= 0.6 is 0 Å². The van der Waals surface area contributed by atoms with Crippen molar-refractivity contribution in [3.05, 3.63) is 30.3 Å². The third-order valence-corrected chi connectivity index (χ3v) is 5.26. The second kappa shape index (κ2) is 7.13. The predicted octanol–water partition coefficient (Wildman–Crippen LogP) is 1.89. The molecule has 2 atom stereocenters. The molecule has 1 aromatic carbocycles. The molecule has 4 N–H and O–H groups in total. The second-order valence-electron chi connectivity index (χ2n) is 6.83. The molecule has 124 valence electrons. The maximum atomic E-state index is 12.4. The molecule has 0 aliphatic heterocycles. The van der Waals surface area contributed by atoms with E-state index in [1.807, 2.05) is 30.3 Å². The van der Waals surface area contributed by atoms with Gasteiger partial charge in [-0.2, -0.15) is 0 Å². The number of amides is 2. The molecule has 0 aromatic heterocycles. The monoisotopic (exact) mass is 315 g/mol. The van der Waals surface area contributed by atoms with E-state index < -0.39 is 0 Å². The van der Waals surface area contributed by atoms with E-state index in [2.05, 4.69) is 10.6 Å². The Labute approximate surface area is 137 Å². The summed E-state index contributed by atoms with van der Waals surface area (Å²) in [6.45, 7) is 0.0195. The Hall–Kier alpha value is -1.88. The molecule has 5 heteroatoms. The summed E-state index contributed by atoms with van der Waals surface area (Å²) in [5.41, 5.74) is 7.00. The van der Waals surface area contributed by atoms with E-state index in [1.54, 1.807) is 0 Å². The Bertz CT molecular complexity index is 547. The molecule has 0 heterocycles. The Balaban J connectivity index is 1.47. The summed E-state index contributed by atoms with van der Waals surface area (Å²) in [7, 11) is 0. The van der Waals surface area contributed by atoms with Gasteiger partial charge >= 0.3 is 0 Å². The van der Waals surface area contributed by atoms with Crippen LogP contribution in [0.1, 0.15) is 32.1 Å². The summed E-state index contributed by atoms with van der Waals surface area (Å²) in [5, 5.41) is 5.56. The van der Waals surface area contributed by atoms with Crippen LogP contribution in [0.3, 0.4) is 0 Å². The van der Waals surface area contributed by atoms with Crippen LogP contribution in [0.2, 0.25) is 0 Å². The first-order valence-electron chi connectivity index (χ1n) is 8.51. The molecule has 23 heavy (non-hydrogen) atoms. The van der Waals surface area contributed by atoms with Gasteiger partial charge in [0.15, 0.2) is 0 Å². The zero-order valence-corrected chi connectivity index (χ0v) is 13.3. The lowest BCUT2D eigenvalue weighted by Crippen LogP contribution is -2.49. The number of anilines is 1. The van der Waals surface area contributed by atoms with Crippen LogP contribution in [0.25, 0.3) is 0 Å². The minimum absolute atomic E-state index is 0.00277. The van der Waals surface area contributed by atoms with Crippen molar-refractivity contribution in [1.29, 1.82) is 0 Å². The van der Waals surface area contributed by atoms with Crippen molar-refractivity contribution < 1.29 is 9.59 Å². The van der Waals surface area contributed by atoms with Gasteiger partial charge in [0, 0.05) is 17.6 Å². The molecule has 1 aromatic rings. The average Bonchev–Trinajstić information content (AvgIpc) is 2.53. The molecule has 2 unspecified atom stereocenters. The molecule has 2 saturated carbocycles. The summed E-state index contributed by atoms with van der Waals surface area (Å²) in [6, 6.07) is 9.51. The molecular formula is C18H25N3O2. The SMILES string of the molecule is NC1C2CCCC1CC(C(=O)NCC(=O)Nc1ccccc1)C2. The molecule has 2 aliphatic rings. The largest absolute Gasteiger partial charge is 0.347 e. The van der Waals surface area contributed by atoms with E-state index in [-0.39, 0.29) is 30.3 Å². The van der Waals surface area contributed by atoms with E-state index in [4.69, 9.17) is 5.73 Å². The smallest absolute Gasteiger partial charge is 0.243 e. The van der Waals surface area contributed by atoms with Crippen LogP contribution in [0, 0.1) is 17.8 Å². The van der Waals surface area contributed by atoms with Gasteiger partial charge in [0.2, 0.25) is 11.8 Å². The molecule has 0 radical (unpaired) electrons. The van der Waals surface area contributed by atoms with Gasteiger partial charge in [-0.1, -0.05) is 24.6 Å². The number of rotatable bonds is 4. The number of hydrogen-bond acceptors (Lipinski definition) is 3. The van der Waals surface area contributed by atoms with Gasteiger partial charge in [-0.05, 0) is 49.7 Å². The van der Waals surface area contributed by atoms with E-state index in [0.29, 0.717) is 11.8 Å². The van der Waals surface area contributed by atoms with Crippen LogP contribution in [-0.4, -0.2) is 24.4 Å². The van der Waals surface area contributed by atoms with Crippen LogP contribution in [0.5, 0.6) is 0 Å². The highest BCUT2D eigenvalue weighted by Gasteiger charge is 2.40. The summed E-state index contributed by atoms with van der Waals surface area (Å²) in [4.78, 5) is 24.3. The molecule has 5 nitrogen and oxygen atoms in total. The van der Waals surface area contributed by atoms with E-state index in [0.717, 1.165) is 31.4 Å². The second-order valence-corrected chi connectivity index (χ2v) is 6.83. The first kappa shape index (κ1) is 16.0. The van der Waals surface area contributed by atoms with Crippen LogP contribution in [-0.2, 0) is 9.59 Å². The average molecular weight is 315 g/mol. The topological polar surface area (TPSA) is 84.2 Å². The Morgan fingerprint density at radius 1 is 1.09 bits per heavy atom. The van der Waals surface area contributed by atoms with Gasteiger partial charge in [0.1, 0.15) is 0 Å². The summed E-state index contributed by atoms with van der Waals surface area (Å²) >= 11 is 0. The summed E-state index contributed by atoms with van der Waals surface area (Å²) < 4.78 is 0. The summed E-state index contributed by atoms with van der Waals surface area (Å²) in [5.74, 6) is 0.747. The third kappa shape index (κ3) is 3.91. The Morgan fingerprint density at radius 3 is 2.39 bits per heavy atom. The zero-order valence-electron chi connectivity index (χ0n) is 13.3. The normalized spacial score (nSPS) is 29.6. The number of carbonyl (C=O) groups excluding carboxylic acids is 2. The molecule has 3 rings (SSSR count). The molecule has 2 aliphatic carbocycles. The van der Waals surface area contributed by atoms with Crippen LogP contribution in [0.15, 0.2) is 30.3 Å². The summed E-state index contributed by atoms with van der Waals surface area (Å²) in [6.07, 6.45) is 5.23. The standard InChI is InChI=1S/C18H25N3O2/c19-17-12-5-4-6-13(17)10-14(9-12)18(23)20-11-16(22)21-15-7-2-1-3-8-15/h1-3,7-8,12-14,17H,4-6,9-11,19H2,(H,20,23)(H,21,22). The quantitative estimate of drug-likeness (QED) is 0.793. The van der Waals surface area contributed by atoms with Crippen molar-refractivity contribution >= 4 is 17.5 Å². The van der Waals surface area contributed by atoms with Crippen molar-refractivity contribution in [2.45, 2.75) is 38.1 Å². The fourth-order valence-corrected chi connectivity index (χ4v) is 4.04. The number of carbonyl (C=O) groups is 2. The fraction of sp³-hybridized carbons (Fsp3) is 0.556. The highest BCUT2D eigenvalue weighted by Crippen LogP contribution is 2.41. The number of para-hydroxylation sites is 1. The van der Waals surface area contributed by atoms with Crippen LogP contribution in [0.4, 0.5) is 5.69 Å². The first-order chi connectivity index (χ1) is 11.1. The minimum Gasteiger partial charge on any atom is -0.347 e. The maximum absolute atomic E-state index is 12.4. The van der Waals surface area contributed by atoms with Crippen molar-refractivity contribution in [2.75, 3.05) is 11.9 Å². The highest BCUT2D eigenvalue weighted by atomic mass is 16.2. The van der Waals surface area contributed by atoms with Crippen molar-refractivity contribution in [1.82, 2.24) is 5.32 Å². The van der Waals surface area contributed by atoms with E-state index in [1.165, 1.54) is 6.42 Å². The Kier molecular flexibility index (Phi) is 4.96. The van der Waals surface area contributed by atoms with Crippen molar-refractivity contribution in [2.24, 2.45) is 23.5 Å². The number of benzene rings is 1. The van der Waals surface area contributed by atoms with Gasteiger partial charge in [0.25, 0.3) is 0 Å². The number of nitrogens with one attached hydrogen (secondary N) is 2. The van der Waals surface area contributed by atoms with Crippen molar-refractivity contribution in [3.63, 3.8) is 0 Å². The van der Waals surface area contributed by atoms with Gasteiger partial charge in [-0.25, -0.2) is 0 Å². The molecule has 2 fully saturated rings. The highest BCUT2D eigenvalue weighted by molar-refractivity contribution is 5.94. The maximum Gasteiger partial charge on any atom is 0.243 e. The Morgan fingerprint density at radius 2 is 1.74 bits per heavy atom. The molecule has 2 bridgehead atoms. The molecule has 0 saturated heterocycles. The molecule has 0 spiro atoms. The predicted molar refractivity (Wildman–Crippen MR) is 89.6 cm³/mol. The molecular weight excluding hydrogens is 290 g/mol. The lowest BCUT2D eigenvalue weighted by Gasteiger charge is -2.43. The zero-order chi connectivity index (χ0) is 16.2. The first-order valence-corrected chi connectivity index (χ1v) is 8.51. The van der Waals surface area contributed by atoms with Gasteiger partial charge in [-0.15, -0.1) is 0 Å². The van der Waals surface area contributed by atoms with Gasteiger partial charge < -0.3 is 16.4 Å². The number of fused-ring (bicyclic) bond motifs is 2. The number of hydrogen-bond donors (Lipinski definition) is 3. The van der Waals surface area contributed by atoms with Gasteiger partial charge in [-0.3, -0.25) is 9.59 Å². The van der Waals surface area contributed by atoms with Crippen LogP contribution < -0.4 is 16.4 Å².